The van der Waals surface area contributed by atoms with Crippen LogP contribution in [0.25, 0.3) is 0 Å². The van der Waals surface area contributed by atoms with E-state index in [1.165, 1.54) is 5.56 Å². The van der Waals surface area contributed by atoms with Crippen LogP contribution in [0.1, 0.15) is 11.1 Å². The van der Waals surface area contributed by atoms with Gasteiger partial charge in [-0.1, -0.05) is 12.1 Å². The number of benzene rings is 2. The average molecular weight is 283 g/mol. The van der Waals surface area contributed by atoms with Crippen LogP contribution in [0.4, 0.5) is 5.69 Å². The van der Waals surface area contributed by atoms with Gasteiger partial charge in [-0.25, -0.2) is 0 Å². The number of carbonyl (C=O) groups is 1. The Bertz CT molecular complexity index is 650. The van der Waals surface area contributed by atoms with E-state index in [0.717, 1.165) is 35.8 Å². The quantitative estimate of drug-likeness (QED) is 0.938. The van der Waals surface area contributed by atoms with Crippen LogP contribution in [0.2, 0.25) is 0 Å². The van der Waals surface area contributed by atoms with Crippen molar-refractivity contribution in [1.82, 2.24) is 0 Å². The molecule has 0 fully saturated rings. The fourth-order valence-corrected chi connectivity index (χ4v) is 2.41. The van der Waals surface area contributed by atoms with Crippen molar-refractivity contribution in [3.63, 3.8) is 0 Å². The topological polar surface area (TPSA) is 47.6 Å². The van der Waals surface area contributed by atoms with Crippen LogP contribution in [-0.2, 0) is 17.6 Å². The van der Waals surface area contributed by atoms with Crippen molar-refractivity contribution in [1.29, 1.82) is 0 Å². The predicted molar refractivity (Wildman–Crippen MR) is 81.0 cm³/mol. The van der Waals surface area contributed by atoms with Gasteiger partial charge < -0.3 is 14.8 Å². The lowest BCUT2D eigenvalue weighted by molar-refractivity contribution is -0.115. The van der Waals surface area contributed by atoms with Crippen LogP contribution < -0.4 is 14.8 Å². The van der Waals surface area contributed by atoms with Crippen LogP contribution in [-0.4, -0.2) is 19.6 Å². The fourth-order valence-electron chi connectivity index (χ4n) is 2.41. The number of carbonyl (C=O) groups excluding carboxylic acids is 1. The SMILES string of the molecule is COc1ccc(NC(=O)Cc2ccc3c(c2)CCO3)cc1. The number of hydrogen-bond acceptors (Lipinski definition) is 3. The number of amides is 1. The summed E-state index contributed by atoms with van der Waals surface area (Å²) in [5, 5.41) is 2.88. The molecule has 0 radical (unpaired) electrons. The van der Waals surface area contributed by atoms with Gasteiger partial charge in [-0.15, -0.1) is 0 Å². The summed E-state index contributed by atoms with van der Waals surface area (Å²) in [6, 6.07) is 13.2. The lowest BCUT2D eigenvalue weighted by atomic mass is 10.1. The number of nitrogens with one attached hydrogen (secondary N) is 1. The molecule has 1 amide bonds. The Kier molecular flexibility index (Phi) is 3.77. The summed E-state index contributed by atoms with van der Waals surface area (Å²) in [5.41, 5.74) is 2.96. The largest absolute Gasteiger partial charge is 0.497 e. The molecule has 0 aromatic heterocycles. The summed E-state index contributed by atoms with van der Waals surface area (Å²) in [4.78, 5) is 12.1. The second kappa shape index (κ2) is 5.87. The molecule has 1 aliphatic heterocycles. The molecule has 1 heterocycles. The normalized spacial score (nSPS) is 12.4. The van der Waals surface area contributed by atoms with Gasteiger partial charge in [0.2, 0.25) is 5.91 Å². The van der Waals surface area contributed by atoms with Gasteiger partial charge in [-0.3, -0.25) is 4.79 Å². The monoisotopic (exact) mass is 283 g/mol. The summed E-state index contributed by atoms with van der Waals surface area (Å²) in [5.74, 6) is 1.68. The first-order chi connectivity index (χ1) is 10.2. The number of rotatable bonds is 4. The summed E-state index contributed by atoms with van der Waals surface area (Å²) >= 11 is 0. The Balaban J connectivity index is 1.63. The van der Waals surface area contributed by atoms with Gasteiger partial charge in [-0.05, 0) is 41.5 Å². The van der Waals surface area contributed by atoms with Crippen molar-refractivity contribution in [2.24, 2.45) is 0 Å². The maximum atomic E-state index is 12.1. The molecular weight excluding hydrogens is 266 g/mol. The summed E-state index contributed by atoms with van der Waals surface area (Å²) in [6.45, 7) is 0.733. The van der Waals surface area contributed by atoms with Crippen LogP contribution >= 0.6 is 0 Å². The summed E-state index contributed by atoms with van der Waals surface area (Å²) < 4.78 is 10.6. The second-order valence-electron chi connectivity index (χ2n) is 4.99. The Labute approximate surface area is 123 Å². The van der Waals surface area contributed by atoms with Crippen LogP contribution in [0.3, 0.4) is 0 Å². The number of hydrogen-bond donors (Lipinski definition) is 1. The molecule has 21 heavy (non-hydrogen) atoms. The van der Waals surface area contributed by atoms with Crippen molar-refractivity contribution >= 4 is 11.6 Å². The Morgan fingerprint density at radius 1 is 1.24 bits per heavy atom. The van der Waals surface area contributed by atoms with E-state index in [9.17, 15) is 4.79 Å². The molecule has 1 N–H and O–H groups in total. The molecule has 2 aromatic carbocycles. The average Bonchev–Trinajstić information content (AvgIpc) is 2.95. The summed E-state index contributed by atoms with van der Waals surface area (Å²) in [6.07, 6.45) is 1.28. The minimum absolute atomic E-state index is 0.0287. The molecule has 1 aliphatic rings. The molecule has 2 aromatic rings. The highest BCUT2D eigenvalue weighted by Crippen LogP contribution is 2.26. The molecule has 0 saturated carbocycles. The third kappa shape index (κ3) is 3.16. The van der Waals surface area contributed by atoms with Crippen molar-refractivity contribution in [2.75, 3.05) is 19.0 Å². The second-order valence-corrected chi connectivity index (χ2v) is 4.99. The highest BCUT2D eigenvalue weighted by molar-refractivity contribution is 5.92. The molecule has 0 spiro atoms. The lowest BCUT2D eigenvalue weighted by Gasteiger charge is -2.07. The van der Waals surface area contributed by atoms with Gasteiger partial charge in [-0.2, -0.15) is 0 Å². The van der Waals surface area contributed by atoms with E-state index in [4.69, 9.17) is 9.47 Å². The molecule has 0 bridgehead atoms. The van der Waals surface area contributed by atoms with Crippen LogP contribution in [0.15, 0.2) is 42.5 Å². The van der Waals surface area contributed by atoms with E-state index in [1.54, 1.807) is 7.11 Å². The minimum Gasteiger partial charge on any atom is -0.497 e. The predicted octanol–water partition coefficient (Wildman–Crippen LogP) is 2.81. The van der Waals surface area contributed by atoms with E-state index in [1.807, 2.05) is 36.4 Å². The highest BCUT2D eigenvalue weighted by Gasteiger charge is 2.13. The molecule has 0 saturated heterocycles. The smallest absolute Gasteiger partial charge is 0.228 e. The maximum absolute atomic E-state index is 12.1. The molecular formula is C17H17NO3. The van der Waals surface area contributed by atoms with Gasteiger partial charge in [0.25, 0.3) is 0 Å². The highest BCUT2D eigenvalue weighted by atomic mass is 16.5. The van der Waals surface area contributed by atoms with Gasteiger partial charge >= 0.3 is 0 Å². The van der Waals surface area contributed by atoms with Gasteiger partial charge in [0.1, 0.15) is 11.5 Å². The van der Waals surface area contributed by atoms with Gasteiger partial charge in [0.05, 0.1) is 20.1 Å². The molecule has 0 atom stereocenters. The zero-order chi connectivity index (χ0) is 14.7. The first kappa shape index (κ1) is 13.5. The van der Waals surface area contributed by atoms with E-state index in [0.29, 0.717) is 6.42 Å². The Morgan fingerprint density at radius 3 is 2.81 bits per heavy atom. The molecule has 0 aliphatic carbocycles. The minimum atomic E-state index is -0.0287. The van der Waals surface area contributed by atoms with Gasteiger partial charge in [0.15, 0.2) is 0 Å². The van der Waals surface area contributed by atoms with Crippen molar-refractivity contribution in [3.05, 3.63) is 53.6 Å². The van der Waals surface area contributed by atoms with Crippen LogP contribution in [0, 0.1) is 0 Å². The number of ether oxygens (including phenoxy) is 2. The van der Waals surface area contributed by atoms with Crippen LogP contribution in [0.5, 0.6) is 11.5 Å². The number of anilines is 1. The maximum Gasteiger partial charge on any atom is 0.228 e. The summed E-state index contributed by atoms with van der Waals surface area (Å²) in [7, 11) is 1.62. The molecule has 108 valence electrons. The molecule has 3 rings (SSSR count). The zero-order valence-electron chi connectivity index (χ0n) is 11.9. The van der Waals surface area contributed by atoms with E-state index in [2.05, 4.69) is 11.4 Å². The number of fused-ring (bicyclic) bond motifs is 1. The number of methoxy groups -OCH3 is 1. The Hall–Kier alpha value is -2.49. The molecule has 4 heteroatoms. The third-order valence-electron chi connectivity index (χ3n) is 3.49. The lowest BCUT2D eigenvalue weighted by Crippen LogP contribution is -2.14. The first-order valence-corrected chi connectivity index (χ1v) is 6.93. The molecule has 4 nitrogen and oxygen atoms in total. The Morgan fingerprint density at radius 2 is 2.05 bits per heavy atom. The zero-order valence-corrected chi connectivity index (χ0v) is 11.9. The van der Waals surface area contributed by atoms with Crippen molar-refractivity contribution in [2.45, 2.75) is 12.8 Å². The molecule has 0 unspecified atom stereocenters. The standard InChI is InChI=1S/C17H17NO3/c1-20-15-5-3-14(4-6-15)18-17(19)11-12-2-7-16-13(10-12)8-9-21-16/h2-7,10H,8-9,11H2,1H3,(H,18,19). The van der Waals surface area contributed by atoms with E-state index >= 15 is 0 Å². The van der Waals surface area contributed by atoms with E-state index in [-0.39, 0.29) is 5.91 Å². The van der Waals surface area contributed by atoms with Crippen molar-refractivity contribution < 1.29 is 14.3 Å². The van der Waals surface area contributed by atoms with Crippen molar-refractivity contribution in [3.8, 4) is 11.5 Å². The fraction of sp³-hybridized carbons (Fsp3) is 0.235. The van der Waals surface area contributed by atoms with Gasteiger partial charge in [0, 0.05) is 12.1 Å². The third-order valence-corrected chi connectivity index (χ3v) is 3.49. The van der Waals surface area contributed by atoms with E-state index < -0.39 is 0 Å². The first-order valence-electron chi connectivity index (χ1n) is 6.93.